The maximum Gasteiger partial charge on any atom is 0.187 e. The first-order valence-electron chi connectivity index (χ1n) is 8.75. The van der Waals surface area contributed by atoms with E-state index in [4.69, 9.17) is 4.98 Å². The summed E-state index contributed by atoms with van der Waals surface area (Å²) < 4.78 is 15.4. The van der Waals surface area contributed by atoms with Crippen LogP contribution in [0.1, 0.15) is 16.7 Å². The summed E-state index contributed by atoms with van der Waals surface area (Å²) in [5.74, 6) is 0.292. The second-order valence-corrected chi connectivity index (χ2v) is 6.72. The number of halogens is 1. The molecule has 0 fully saturated rings. The van der Waals surface area contributed by atoms with E-state index in [1.807, 2.05) is 29.7 Å². The second-order valence-electron chi connectivity index (χ2n) is 6.72. The maximum absolute atomic E-state index is 13.5. The zero-order valence-electron chi connectivity index (χ0n) is 15.4. The molecule has 0 spiro atoms. The number of aromatic nitrogens is 2. The number of imidazole rings is 1. The van der Waals surface area contributed by atoms with Crippen molar-refractivity contribution in [1.82, 2.24) is 9.38 Å². The molecule has 4 aromatic rings. The van der Waals surface area contributed by atoms with Crippen molar-refractivity contribution in [1.29, 1.82) is 0 Å². The van der Waals surface area contributed by atoms with Crippen LogP contribution in [-0.4, -0.2) is 9.38 Å². The van der Waals surface area contributed by atoms with Gasteiger partial charge in [0.15, 0.2) is 5.82 Å². The van der Waals surface area contributed by atoms with Gasteiger partial charge in [0, 0.05) is 17.8 Å². The predicted molar refractivity (Wildman–Crippen MR) is 105 cm³/mol. The van der Waals surface area contributed by atoms with Crippen LogP contribution in [0, 0.1) is 26.6 Å². The number of hydrogen-bond donors (Lipinski definition) is 0. The van der Waals surface area contributed by atoms with Crippen molar-refractivity contribution in [3.05, 3.63) is 83.3 Å². The Morgan fingerprint density at radius 2 is 1.70 bits per heavy atom. The van der Waals surface area contributed by atoms with E-state index in [0.29, 0.717) is 11.5 Å². The van der Waals surface area contributed by atoms with E-state index in [0.717, 1.165) is 28.0 Å². The summed E-state index contributed by atoms with van der Waals surface area (Å²) >= 11 is 0. The van der Waals surface area contributed by atoms with Crippen molar-refractivity contribution in [3.63, 3.8) is 0 Å². The van der Waals surface area contributed by atoms with Gasteiger partial charge in [0.05, 0.1) is 5.69 Å². The van der Waals surface area contributed by atoms with Crippen LogP contribution in [0.5, 0.6) is 0 Å². The van der Waals surface area contributed by atoms with Crippen molar-refractivity contribution in [2.75, 3.05) is 0 Å². The number of fused-ring (bicyclic) bond motifs is 1. The molecule has 0 amide bonds. The number of rotatable bonds is 3. The zero-order chi connectivity index (χ0) is 19.0. The van der Waals surface area contributed by atoms with Crippen LogP contribution in [0.3, 0.4) is 0 Å². The molecule has 0 atom stereocenters. The van der Waals surface area contributed by atoms with E-state index in [1.165, 1.54) is 17.7 Å². The number of benzene rings is 2. The molecule has 0 aliphatic rings. The van der Waals surface area contributed by atoms with Crippen LogP contribution in [0.25, 0.3) is 16.9 Å². The Morgan fingerprint density at radius 3 is 2.48 bits per heavy atom. The van der Waals surface area contributed by atoms with Crippen molar-refractivity contribution in [2.24, 2.45) is 10.2 Å². The molecule has 4 rings (SSSR count). The lowest BCUT2D eigenvalue weighted by molar-refractivity contribution is 0.628. The third kappa shape index (κ3) is 3.36. The minimum atomic E-state index is -0.338. The number of azo groups is 1. The number of nitrogens with zero attached hydrogens (tertiary/aromatic N) is 4. The normalized spacial score (nSPS) is 11.6. The predicted octanol–water partition coefficient (Wildman–Crippen LogP) is 6.48. The molecule has 0 saturated heterocycles. The zero-order valence-corrected chi connectivity index (χ0v) is 15.4. The second kappa shape index (κ2) is 6.76. The van der Waals surface area contributed by atoms with E-state index in [9.17, 15) is 4.39 Å². The number of aryl methyl sites for hydroxylation is 3. The van der Waals surface area contributed by atoms with Gasteiger partial charge in [-0.2, -0.15) is 0 Å². The summed E-state index contributed by atoms with van der Waals surface area (Å²) in [6, 6.07) is 16.3. The summed E-state index contributed by atoms with van der Waals surface area (Å²) in [5.41, 5.74) is 6.44. The van der Waals surface area contributed by atoms with Crippen LogP contribution >= 0.6 is 0 Å². The average molecular weight is 358 g/mol. The molecule has 0 N–H and O–H groups in total. The van der Waals surface area contributed by atoms with Gasteiger partial charge in [-0.05, 0) is 50.1 Å². The maximum atomic E-state index is 13.5. The molecular formula is C22H19FN4. The molecule has 0 aliphatic heterocycles. The lowest BCUT2D eigenvalue weighted by Gasteiger charge is -2.05. The topological polar surface area (TPSA) is 42.0 Å². The SMILES string of the molecule is Cc1ccc(-c2nc3ccc(C)cn3c2N=Nc2cccc(F)c2)c(C)c1. The largest absolute Gasteiger partial charge is 0.282 e. The molecule has 134 valence electrons. The fourth-order valence-corrected chi connectivity index (χ4v) is 3.14. The Hall–Kier alpha value is -3.34. The van der Waals surface area contributed by atoms with Gasteiger partial charge in [-0.15, -0.1) is 10.2 Å². The van der Waals surface area contributed by atoms with Crippen molar-refractivity contribution in [3.8, 4) is 11.3 Å². The average Bonchev–Trinajstić information content (AvgIpc) is 2.97. The van der Waals surface area contributed by atoms with E-state index in [2.05, 4.69) is 42.3 Å². The lowest BCUT2D eigenvalue weighted by Crippen LogP contribution is -1.86. The fourth-order valence-electron chi connectivity index (χ4n) is 3.14. The molecular weight excluding hydrogens is 339 g/mol. The third-order valence-electron chi connectivity index (χ3n) is 4.45. The highest BCUT2D eigenvalue weighted by molar-refractivity contribution is 5.77. The highest BCUT2D eigenvalue weighted by atomic mass is 19.1. The summed E-state index contributed by atoms with van der Waals surface area (Å²) in [4.78, 5) is 4.78. The van der Waals surface area contributed by atoms with Crippen LogP contribution in [-0.2, 0) is 0 Å². The Bertz CT molecular complexity index is 1170. The monoisotopic (exact) mass is 358 g/mol. The Kier molecular flexibility index (Phi) is 4.28. The molecule has 5 heteroatoms. The minimum Gasteiger partial charge on any atom is -0.282 e. The highest BCUT2D eigenvalue weighted by Gasteiger charge is 2.16. The smallest absolute Gasteiger partial charge is 0.187 e. The van der Waals surface area contributed by atoms with Crippen LogP contribution in [0.15, 0.2) is 71.0 Å². The molecule has 2 aromatic heterocycles. The highest BCUT2D eigenvalue weighted by Crippen LogP contribution is 2.34. The van der Waals surface area contributed by atoms with Gasteiger partial charge in [-0.25, -0.2) is 9.37 Å². The first-order valence-corrected chi connectivity index (χ1v) is 8.75. The van der Waals surface area contributed by atoms with Gasteiger partial charge in [-0.3, -0.25) is 4.40 Å². The van der Waals surface area contributed by atoms with Gasteiger partial charge in [-0.1, -0.05) is 35.9 Å². The molecule has 2 heterocycles. The minimum absolute atomic E-state index is 0.338. The van der Waals surface area contributed by atoms with Gasteiger partial charge >= 0.3 is 0 Å². The molecule has 0 bridgehead atoms. The molecule has 0 radical (unpaired) electrons. The summed E-state index contributed by atoms with van der Waals surface area (Å²) in [7, 11) is 0. The molecule has 2 aromatic carbocycles. The summed E-state index contributed by atoms with van der Waals surface area (Å²) in [5, 5.41) is 8.69. The first kappa shape index (κ1) is 17.1. The van der Waals surface area contributed by atoms with E-state index in [-0.39, 0.29) is 5.82 Å². The number of pyridine rings is 1. The third-order valence-corrected chi connectivity index (χ3v) is 4.45. The first-order chi connectivity index (χ1) is 13.0. The summed E-state index contributed by atoms with van der Waals surface area (Å²) in [6.07, 6.45) is 1.98. The molecule has 0 unspecified atom stereocenters. The molecule has 0 saturated carbocycles. The molecule has 0 aliphatic carbocycles. The quantitative estimate of drug-likeness (QED) is 0.386. The van der Waals surface area contributed by atoms with Crippen LogP contribution in [0.2, 0.25) is 0 Å². The Labute approximate surface area is 157 Å². The van der Waals surface area contributed by atoms with Crippen LogP contribution in [0.4, 0.5) is 15.9 Å². The fraction of sp³-hybridized carbons (Fsp3) is 0.136. The van der Waals surface area contributed by atoms with Crippen molar-refractivity contribution < 1.29 is 4.39 Å². The Balaban J connectivity index is 1.92. The summed E-state index contributed by atoms with van der Waals surface area (Å²) in [6.45, 7) is 6.14. The van der Waals surface area contributed by atoms with E-state index >= 15 is 0 Å². The van der Waals surface area contributed by atoms with Gasteiger partial charge < -0.3 is 0 Å². The standard InChI is InChI=1S/C22H19FN4/c1-14-7-9-19(16(3)11-14)21-22(26-25-18-6-4-5-17(23)12-18)27-13-15(2)8-10-20(27)24-21/h4-13H,1-3H3. The van der Waals surface area contributed by atoms with Crippen LogP contribution < -0.4 is 0 Å². The van der Waals surface area contributed by atoms with Crippen molar-refractivity contribution >= 4 is 17.2 Å². The van der Waals surface area contributed by atoms with Gasteiger partial charge in [0.25, 0.3) is 0 Å². The number of hydrogen-bond acceptors (Lipinski definition) is 3. The van der Waals surface area contributed by atoms with E-state index in [1.54, 1.807) is 12.1 Å². The van der Waals surface area contributed by atoms with Gasteiger partial charge in [0.2, 0.25) is 0 Å². The van der Waals surface area contributed by atoms with Crippen molar-refractivity contribution in [2.45, 2.75) is 20.8 Å². The van der Waals surface area contributed by atoms with E-state index < -0.39 is 0 Å². The molecule has 4 nitrogen and oxygen atoms in total. The Morgan fingerprint density at radius 1 is 0.889 bits per heavy atom. The van der Waals surface area contributed by atoms with Gasteiger partial charge in [0.1, 0.15) is 17.2 Å². The lowest BCUT2D eigenvalue weighted by atomic mass is 10.0. The molecule has 27 heavy (non-hydrogen) atoms.